The summed E-state index contributed by atoms with van der Waals surface area (Å²) in [6.45, 7) is 0. The molecule has 2 aliphatic rings. The van der Waals surface area contributed by atoms with E-state index in [-0.39, 0.29) is 11.6 Å². The Morgan fingerprint density at radius 1 is 1.30 bits per heavy atom. The van der Waals surface area contributed by atoms with Gasteiger partial charge in [-0.2, -0.15) is 0 Å². The zero-order valence-corrected chi connectivity index (χ0v) is 11.4. The maximum Gasteiger partial charge on any atom is 0.165 e. The molecule has 2 fully saturated rings. The molecule has 2 saturated carbocycles. The molecule has 0 aliphatic heterocycles. The molecule has 20 heavy (non-hydrogen) atoms. The monoisotopic (exact) mass is 271 g/mol. The molecule has 0 saturated heterocycles. The molecule has 1 heterocycles. The highest BCUT2D eigenvalue weighted by Crippen LogP contribution is 2.49. The van der Waals surface area contributed by atoms with Gasteiger partial charge in [0.25, 0.3) is 0 Å². The van der Waals surface area contributed by atoms with Gasteiger partial charge in [0.2, 0.25) is 0 Å². The molecule has 1 aromatic carbocycles. The van der Waals surface area contributed by atoms with Crippen LogP contribution in [0.5, 0.6) is 0 Å². The Morgan fingerprint density at radius 3 is 2.95 bits per heavy atom. The van der Waals surface area contributed by atoms with Crippen LogP contribution in [0.4, 0.5) is 4.39 Å². The summed E-state index contributed by atoms with van der Waals surface area (Å²) < 4.78 is 13.9. The summed E-state index contributed by atoms with van der Waals surface area (Å²) in [6.07, 6.45) is 7.38. The van der Waals surface area contributed by atoms with Gasteiger partial charge in [0.1, 0.15) is 5.82 Å². The van der Waals surface area contributed by atoms with E-state index in [9.17, 15) is 9.18 Å². The number of H-pyrrole nitrogens is 1. The van der Waals surface area contributed by atoms with Crippen molar-refractivity contribution in [2.24, 2.45) is 17.8 Å². The molecule has 0 amide bonds. The maximum atomic E-state index is 13.9. The molecule has 4 rings (SSSR count). The lowest BCUT2D eigenvalue weighted by Gasteiger charge is -2.20. The predicted molar refractivity (Wildman–Crippen MR) is 76.1 cm³/mol. The molecule has 1 N–H and O–H groups in total. The zero-order chi connectivity index (χ0) is 13.7. The first kappa shape index (κ1) is 12.1. The van der Waals surface area contributed by atoms with E-state index in [2.05, 4.69) is 4.98 Å². The summed E-state index contributed by atoms with van der Waals surface area (Å²) in [6, 6.07) is 4.90. The summed E-state index contributed by atoms with van der Waals surface area (Å²) in [4.78, 5) is 15.5. The molecule has 0 spiro atoms. The smallest absolute Gasteiger partial charge is 0.165 e. The van der Waals surface area contributed by atoms with Crippen LogP contribution < -0.4 is 0 Å². The van der Waals surface area contributed by atoms with E-state index >= 15 is 0 Å². The third kappa shape index (κ3) is 1.80. The second-order valence-corrected chi connectivity index (χ2v) is 6.43. The number of aromatic nitrogens is 1. The maximum absolute atomic E-state index is 13.9. The summed E-state index contributed by atoms with van der Waals surface area (Å²) in [5, 5.41) is 0.459. The van der Waals surface area contributed by atoms with E-state index in [0.29, 0.717) is 28.8 Å². The fraction of sp³-hybridized carbons (Fsp3) is 0.471. The van der Waals surface area contributed by atoms with E-state index < -0.39 is 0 Å². The quantitative estimate of drug-likeness (QED) is 0.829. The number of carbonyl (C=O) groups is 1. The van der Waals surface area contributed by atoms with Crippen LogP contribution in [-0.2, 0) is 0 Å². The van der Waals surface area contributed by atoms with Crippen LogP contribution in [0, 0.1) is 23.6 Å². The Labute approximate surface area is 117 Å². The summed E-state index contributed by atoms with van der Waals surface area (Å²) in [7, 11) is 0. The van der Waals surface area contributed by atoms with Gasteiger partial charge in [-0.05, 0) is 49.1 Å². The zero-order valence-electron chi connectivity index (χ0n) is 11.4. The lowest BCUT2D eigenvalue weighted by atomic mass is 9.84. The number of ketones is 1. The van der Waals surface area contributed by atoms with Gasteiger partial charge in [-0.15, -0.1) is 0 Å². The highest BCUT2D eigenvalue weighted by atomic mass is 19.1. The van der Waals surface area contributed by atoms with Crippen LogP contribution in [0.25, 0.3) is 10.9 Å². The van der Waals surface area contributed by atoms with E-state index in [1.165, 1.54) is 31.7 Å². The largest absolute Gasteiger partial charge is 0.360 e. The van der Waals surface area contributed by atoms with Gasteiger partial charge < -0.3 is 4.98 Å². The van der Waals surface area contributed by atoms with E-state index in [0.717, 1.165) is 11.8 Å². The first-order valence-electron chi connectivity index (χ1n) is 7.51. The fourth-order valence-electron chi connectivity index (χ4n) is 4.33. The van der Waals surface area contributed by atoms with Crippen LogP contribution in [0.3, 0.4) is 0 Å². The Kier molecular flexibility index (Phi) is 2.69. The van der Waals surface area contributed by atoms with Gasteiger partial charge >= 0.3 is 0 Å². The lowest BCUT2D eigenvalue weighted by molar-refractivity contribution is 0.0945. The Bertz CT molecular complexity index is 675. The topological polar surface area (TPSA) is 32.9 Å². The summed E-state index contributed by atoms with van der Waals surface area (Å²) >= 11 is 0. The first-order valence-corrected chi connectivity index (χ1v) is 7.51. The average molecular weight is 271 g/mol. The van der Waals surface area contributed by atoms with Crippen molar-refractivity contribution in [2.45, 2.75) is 32.1 Å². The number of rotatable bonds is 3. The van der Waals surface area contributed by atoms with Crippen LogP contribution in [0.15, 0.2) is 24.4 Å². The van der Waals surface area contributed by atoms with Crippen molar-refractivity contribution in [1.29, 1.82) is 0 Å². The molecule has 3 heteroatoms. The normalized spacial score (nSPS) is 28.4. The molecular weight excluding hydrogens is 253 g/mol. The minimum absolute atomic E-state index is 0.0962. The van der Waals surface area contributed by atoms with Crippen molar-refractivity contribution in [1.82, 2.24) is 4.98 Å². The van der Waals surface area contributed by atoms with E-state index in [4.69, 9.17) is 0 Å². The van der Waals surface area contributed by atoms with Crippen molar-refractivity contribution in [3.8, 4) is 0 Å². The molecule has 1 aromatic heterocycles. The van der Waals surface area contributed by atoms with Crippen LogP contribution >= 0.6 is 0 Å². The summed E-state index contributed by atoms with van der Waals surface area (Å²) in [5.41, 5.74) is 1.24. The number of hydrogen-bond donors (Lipinski definition) is 1. The van der Waals surface area contributed by atoms with Crippen molar-refractivity contribution in [2.75, 3.05) is 0 Å². The number of hydrogen-bond acceptors (Lipinski definition) is 1. The molecule has 0 radical (unpaired) electrons. The fourth-order valence-corrected chi connectivity index (χ4v) is 4.33. The number of nitrogens with one attached hydrogen (secondary N) is 1. The number of aromatic amines is 1. The number of Topliss-reactive ketones (excluding diaryl/α,β-unsaturated/α-hetero) is 1. The molecule has 2 bridgehead atoms. The molecule has 2 aromatic rings. The van der Waals surface area contributed by atoms with Crippen molar-refractivity contribution in [3.05, 3.63) is 35.8 Å². The van der Waals surface area contributed by atoms with E-state index in [1.807, 2.05) is 6.07 Å². The minimum Gasteiger partial charge on any atom is -0.360 e. The van der Waals surface area contributed by atoms with E-state index in [1.54, 1.807) is 12.3 Å². The van der Waals surface area contributed by atoms with Crippen LogP contribution in [0.1, 0.15) is 42.5 Å². The highest BCUT2D eigenvalue weighted by molar-refractivity contribution is 6.08. The van der Waals surface area contributed by atoms with Gasteiger partial charge in [-0.1, -0.05) is 12.5 Å². The molecule has 2 nitrogen and oxygen atoms in total. The van der Waals surface area contributed by atoms with Crippen LogP contribution in [0.2, 0.25) is 0 Å². The SMILES string of the molecule is O=C(CC1CC2CCC1C2)c1c[nH]c2cccc(F)c12. The lowest BCUT2D eigenvalue weighted by Crippen LogP contribution is -2.15. The predicted octanol–water partition coefficient (Wildman–Crippen LogP) is 4.32. The third-order valence-electron chi connectivity index (χ3n) is 5.29. The number of halogens is 1. The Hall–Kier alpha value is -1.64. The van der Waals surface area contributed by atoms with Gasteiger partial charge in [-0.3, -0.25) is 4.79 Å². The molecular formula is C17H18FNO. The second kappa shape index (κ2) is 4.44. The first-order chi connectivity index (χ1) is 9.72. The van der Waals surface area contributed by atoms with Crippen molar-refractivity contribution >= 4 is 16.7 Å². The highest BCUT2D eigenvalue weighted by Gasteiger charge is 2.40. The van der Waals surface area contributed by atoms with Gasteiger partial charge in [0.05, 0.1) is 0 Å². The van der Waals surface area contributed by atoms with Gasteiger partial charge in [0.15, 0.2) is 5.78 Å². The molecule has 3 unspecified atom stereocenters. The summed E-state index contributed by atoms with van der Waals surface area (Å²) in [5.74, 6) is 1.90. The Morgan fingerprint density at radius 2 is 2.20 bits per heavy atom. The number of benzene rings is 1. The molecule has 104 valence electrons. The standard InChI is InChI=1S/C17H18FNO/c18-14-2-1-3-15-17(14)13(9-19-15)16(20)8-12-7-10-4-5-11(12)6-10/h1-3,9-12,19H,4-8H2. The van der Waals surface area contributed by atoms with Gasteiger partial charge in [0, 0.05) is 29.1 Å². The second-order valence-electron chi connectivity index (χ2n) is 6.43. The van der Waals surface area contributed by atoms with Crippen molar-refractivity contribution < 1.29 is 9.18 Å². The van der Waals surface area contributed by atoms with Crippen LogP contribution in [-0.4, -0.2) is 10.8 Å². The molecule has 3 atom stereocenters. The average Bonchev–Trinajstić information content (AvgIpc) is 3.12. The molecule has 2 aliphatic carbocycles. The number of fused-ring (bicyclic) bond motifs is 3. The number of carbonyl (C=O) groups excluding carboxylic acids is 1. The van der Waals surface area contributed by atoms with Crippen molar-refractivity contribution in [3.63, 3.8) is 0 Å². The minimum atomic E-state index is -0.306. The third-order valence-corrected chi connectivity index (χ3v) is 5.29. The van der Waals surface area contributed by atoms with Gasteiger partial charge in [-0.25, -0.2) is 4.39 Å². The Balaban J connectivity index is 1.61.